The molecule has 1 amide bonds. The number of hydrogen-bond donors (Lipinski definition) is 2. The van der Waals surface area contributed by atoms with E-state index < -0.39 is 17.7 Å². The lowest BCUT2D eigenvalue weighted by Crippen LogP contribution is -2.41. The highest BCUT2D eigenvalue weighted by atomic mass is 127. The summed E-state index contributed by atoms with van der Waals surface area (Å²) in [6.07, 6.45) is 0. The average Bonchev–Trinajstić information content (AvgIpc) is 2.51. The Balaban J connectivity index is 0.00000576. The van der Waals surface area contributed by atoms with E-state index in [1.807, 2.05) is 0 Å². The van der Waals surface area contributed by atoms with Crippen molar-refractivity contribution in [3.63, 3.8) is 0 Å². The number of carbonyl (C=O) groups is 1. The zero-order chi connectivity index (χ0) is 18.1. The molecular weight excluding hydrogens is 445 g/mol. The molecule has 0 saturated carbocycles. The van der Waals surface area contributed by atoms with E-state index in [1.165, 1.54) is 17.0 Å². The monoisotopic (exact) mass is 470 g/mol. The molecule has 0 spiro atoms. The Morgan fingerprint density at radius 3 is 2.60 bits per heavy atom. The highest BCUT2D eigenvalue weighted by molar-refractivity contribution is 14.0. The van der Waals surface area contributed by atoms with Crippen molar-refractivity contribution in [1.29, 1.82) is 0 Å². The lowest BCUT2D eigenvalue weighted by molar-refractivity contribution is -0.127. The van der Waals surface area contributed by atoms with Crippen LogP contribution >= 0.6 is 24.0 Å². The van der Waals surface area contributed by atoms with Gasteiger partial charge in [0.25, 0.3) is 0 Å². The van der Waals surface area contributed by atoms with Crippen LogP contribution in [-0.2, 0) is 9.53 Å². The lowest BCUT2D eigenvalue weighted by atomic mass is 10.1. The standard InChI is InChI=1S/C16H24F2N4O2.HI/c1-11(13-6-5-12(17)9-14(13)18)21-16(19-7-8-24-4)20-10-15(23)22(2)3;/h5-6,9,11H,7-8,10H2,1-4H3,(H2,19,20,21);1H. The van der Waals surface area contributed by atoms with E-state index >= 15 is 0 Å². The van der Waals surface area contributed by atoms with Gasteiger partial charge in [-0.05, 0) is 13.0 Å². The van der Waals surface area contributed by atoms with Crippen molar-refractivity contribution in [2.24, 2.45) is 4.99 Å². The summed E-state index contributed by atoms with van der Waals surface area (Å²) in [5, 5.41) is 5.99. The fourth-order valence-corrected chi connectivity index (χ4v) is 1.85. The predicted molar refractivity (Wildman–Crippen MR) is 104 cm³/mol. The third kappa shape index (κ3) is 8.43. The molecule has 6 nitrogen and oxygen atoms in total. The molecule has 9 heteroatoms. The summed E-state index contributed by atoms with van der Waals surface area (Å²) in [6, 6.07) is 2.94. The molecule has 0 heterocycles. The van der Waals surface area contributed by atoms with Crippen molar-refractivity contribution in [2.75, 3.05) is 40.9 Å². The summed E-state index contributed by atoms with van der Waals surface area (Å²) in [4.78, 5) is 17.3. The number of ether oxygens (including phenoxy) is 1. The summed E-state index contributed by atoms with van der Waals surface area (Å²) in [6.45, 7) is 2.59. The molecule has 2 N–H and O–H groups in total. The van der Waals surface area contributed by atoms with E-state index in [1.54, 1.807) is 28.1 Å². The minimum absolute atomic E-state index is 0. The first-order chi connectivity index (χ1) is 11.3. The van der Waals surface area contributed by atoms with Crippen molar-refractivity contribution < 1.29 is 18.3 Å². The van der Waals surface area contributed by atoms with Crippen molar-refractivity contribution in [3.05, 3.63) is 35.4 Å². The van der Waals surface area contributed by atoms with E-state index in [0.29, 0.717) is 24.7 Å². The second kappa shape index (κ2) is 12.0. The molecule has 1 rings (SSSR count). The Morgan fingerprint density at radius 2 is 2.04 bits per heavy atom. The van der Waals surface area contributed by atoms with E-state index in [4.69, 9.17) is 4.74 Å². The predicted octanol–water partition coefficient (Wildman–Crippen LogP) is 1.91. The smallest absolute Gasteiger partial charge is 0.243 e. The molecule has 1 atom stereocenters. The molecule has 0 radical (unpaired) electrons. The number of aliphatic imine (C=N–C) groups is 1. The van der Waals surface area contributed by atoms with Gasteiger partial charge in [0, 0.05) is 39.4 Å². The van der Waals surface area contributed by atoms with Gasteiger partial charge in [-0.3, -0.25) is 4.79 Å². The molecule has 0 aromatic heterocycles. The summed E-state index contributed by atoms with van der Waals surface area (Å²) < 4.78 is 31.8. The Labute approximate surface area is 164 Å². The number of nitrogens with zero attached hydrogens (tertiary/aromatic N) is 2. The molecule has 0 aliphatic heterocycles. The van der Waals surface area contributed by atoms with Crippen LogP contribution in [0.25, 0.3) is 0 Å². The fourth-order valence-electron chi connectivity index (χ4n) is 1.85. The summed E-state index contributed by atoms with van der Waals surface area (Å²) >= 11 is 0. The van der Waals surface area contributed by atoms with Gasteiger partial charge < -0.3 is 20.3 Å². The molecule has 0 aliphatic carbocycles. The second-order valence-electron chi connectivity index (χ2n) is 5.40. The molecule has 0 bridgehead atoms. The number of benzene rings is 1. The largest absolute Gasteiger partial charge is 0.383 e. The summed E-state index contributed by atoms with van der Waals surface area (Å²) in [5.74, 6) is -1.09. The zero-order valence-electron chi connectivity index (χ0n) is 14.8. The number of amides is 1. The number of likely N-dealkylation sites (N-methyl/N-ethyl adjacent to an activating group) is 1. The van der Waals surface area contributed by atoms with Crippen LogP contribution in [0.3, 0.4) is 0 Å². The van der Waals surface area contributed by atoms with Crippen molar-refractivity contribution in [1.82, 2.24) is 15.5 Å². The van der Waals surface area contributed by atoms with Crippen LogP contribution in [0, 0.1) is 11.6 Å². The first-order valence-electron chi connectivity index (χ1n) is 7.54. The van der Waals surface area contributed by atoms with Crippen molar-refractivity contribution in [2.45, 2.75) is 13.0 Å². The molecule has 0 aliphatic rings. The normalized spacial score (nSPS) is 12.2. The number of rotatable bonds is 7. The minimum atomic E-state index is -0.643. The van der Waals surface area contributed by atoms with Gasteiger partial charge in [-0.25, -0.2) is 13.8 Å². The van der Waals surface area contributed by atoms with Gasteiger partial charge in [0.15, 0.2) is 5.96 Å². The van der Waals surface area contributed by atoms with Gasteiger partial charge in [-0.15, -0.1) is 24.0 Å². The molecule has 1 unspecified atom stereocenters. The van der Waals surface area contributed by atoms with E-state index in [9.17, 15) is 13.6 Å². The van der Waals surface area contributed by atoms with E-state index in [0.717, 1.165) is 6.07 Å². The molecule has 1 aromatic carbocycles. The number of carbonyl (C=O) groups excluding carboxylic acids is 1. The first-order valence-corrected chi connectivity index (χ1v) is 7.54. The van der Waals surface area contributed by atoms with Gasteiger partial charge in [-0.2, -0.15) is 0 Å². The van der Waals surface area contributed by atoms with E-state index in [2.05, 4.69) is 15.6 Å². The third-order valence-electron chi connectivity index (χ3n) is 3.25. The Kier molecular flexibility index (Phi) is 11.2. The Bertz CT molecular complexity index is 585. The van der Waals surface area contributed by atoms with Gasteiger partial charge in [-0.1, -0.05) is 6.07 Å². The van der Waals surface area contributed by atoms with Crippen molar-refractivity contribution in [3.8, 4) is 0 Å². The zero-order valence-corrected chi connectivity index (χ0v) is 17.1. The maximum absolute atomic E-state index is 13.9. The van der Waals surface area contributed by atoms with Crippen molar-refractivity contribution >= 4 is 35.8 Å². The number of guanidine groups is 1. The lowest BCUT2D eigenvalue weighted by Gasteiger charge is -2.19. The SMILES string of the molecule is COCCNC(=NCC(=O)N(C)C)NC(C)c1ccc(F)cc1F.I. The van der Waals surface area contributed by atoms with Crippen LogP contribution in [0.5, 0.6) is 0 Å². The maximum atomic E-state index is 13.9. The fraction of sp³-hybridized carbons (Fsp3) is 0.500. The van der Waals surface area contributed by atoms with Crippen LogP contribution in [0.4, 0.5) is 8.78 Å². The van der Waals surface area contributed by atoms with Gasteiger partial charge >= 0.3 is 0 Å². The quantitative estimate of drug-likeness (QED) is 0.277. The summed E-state index contributed by atoms with van der Waals surface area (Å²) in [7, 11) is 4.84. The van der Waals surface area contributed by atoms with Gasteiger partial charge in [0.2, 0.25) is 5.91 Å². The number of nitrogens with one attached hydrogen (secondary N) is 2. The molecule has 25 heavy (non-hydrogen) atoms. The van der Waals surface area contributed by atoms with Crippen LogP contribution in [0.15, 0.2) is 23.2 Å². The molecule has 142 valence electrons. The number of halogens is 3. The minimum Gasteiger partial charge on any atom is -0.383 e. The van der Waals surface area contributed by atoms with E-state index in [-0.39, 0.29) is 36.4 Å². The molecule has 1 aromatic rings. The topological polar surface area (TPSA) is 66.0 Å². The second-order valence-corrected chi connectivity index (χ2v) is 5.40. The van der Waals surface area contributed by atoms with Gasteiger partial charge in [0.1, 0.15) is 18.2 Å². The average molecular weight is 470 g/mol. The Hall–Kier alpha value is -1.49. The first kappa shape index (κ1) is 23.5. The number of methoxy groups -OCH3 is 1. The highest BCUT2D eigenvalue weighted by Crippen LogP contribution is 2.17. The van der Waals surface area contributed by atoms with Crippen LogP contribution in [-0.4, -0.2) is 57.7 Å². The molecule has 0 fully saturated rings. The number of hydrogen-bond acceptors (Lipinski definition) is 3. The van der Waals surface area contributed by atoms with Crippen LogP contribution in [0.2, 0.25) is 0 Å². The van der Waals surface area contributed by atoms with Crippen LogP contribution in [0.1, 0.15) is 18.5 Å². The summed E-state index contributed by atoms with van der Waals surface area (Å²) in [5.41, 5.74) is 0.302. The maximum Gasteiger partial charge on any atom is 0.243 e. The Morgan fingerprint density at radius 1 is 1.36 bits per heavy atom. The van der Waals surface area contributed by atoms with Crippen LogP contribution < -0.4 is 10.6 Å². The third-order valence-corrected chi connectivity index (χ3v) is 3.25. The highest BCUT2D eigenvalue weighted by Gasteiger charge is 2.14. The molecule has 0 saturated heterocycles. The molecular formula is C16H25F2IN4O2. The van der Waals surface area contributed by atoms with Gasteiger partial charge in [0.05, 0.1) is 12.6 Å².